The smallest absolute Gasteiger partial charge is 0.454 e. The Morgan fingerprint density at radius 1 is 1.44 bits per heavy atom. The highest BCUT2D eigenvalue weighted by atomic mass is 19.4. The van der Waals surface area contributed by atoms with Crippen LogP contribution in [0.25, 0.3) is 0 Å². The summed E-state index contributed by atoms with van der Waals surface area (Å²) < 4.78 is 41.4. The highest BCUT2D eigenvalue weighted by molar-refractivity contribution is 6.00. The lowest BCUT2D eigenvalue weighted by Crippen LogP contribution is -2.22. The zero-order valence-corrected chi connectivity index (χ0v) is 8.25. The molecule has 1 aromatic rings. The molecule has 0 fully saturated rings. The predicted octanol–water partition coefficient (Wildman–Crippen LogP) is 3.00. The van der Waals surface area contributed by atoms with E-state index < -0.39 is 17.5 Å². The van der Waals surface area contributed by atoms with E-state index in [-0.39, 0.29) is 12.4 Å². The van der Waals surface area contributed by atoms with Gasteiger partial charge < -0.3 is 4.74 Å². The third-order valence-electron chi connectivity index (χ3n) is 1.72. The lowest BCUT2D eigenvalue weighted by Gasteiger charge is -2.07. The van der Waals surface area contributed by atoms with Gasteiger partial charge in [0, 0.05) is 5.56 Å². The molecule has 0 N–H and O–H groups in total. The SMILES string of the molecule is C=CCOc1cccc(C(=O)C(F)(F)F)c1. The van der Waals surface area contributed by atoms with Gasteiger partial charge in [-0.05, 0) is 12.1 Å². The van der Waals surface area contributed by atoms with Crippen LogP contribution >= 0.6 is 0 Å². The molecule has 0 unspecified atom stereocenters. The number of hydrogen-bond acceptors (Lipinski definition) is 2. The maximum Gasteiger partial charge on any atom is 0.454 e. The zero-order chi connectivity index (χ0) is 12.2. The van der Waals surface area contributed by atoms with Crippen LogP contribution in [0.5, 0.6) is 5.75 Å². The highest BCUT2D eigenvalue weighted by Crippen LogP contribution is 2.23. The first-order valence-electron chi connectivity index (χ1n) is 4.40. The summed E-state index contributed by atoms with van der Waals surface area (Å²) in [7, 11) is 0. The molecule has 0 aromatic heterocycles. The first kappa shape index (κ1) is 12.3. The molecule has 16 heavy (non-hydrogen) atoms. The fourth-order valence-electron chi connectivity index (χ4n) is 1.05. The molecule has 0 amide bonds. The van der Waals surface area contributed by atoms with Crippen LogP contribution in [0.3, 0.4) is 0 Å². The van der Waals surface area contributed by atoms with Gasteiger partial charge in [0.1, 0.15) is 12.4 Å². The maximum atomic E-state index is 12.1. The average Bonchev–Trinajstić information content (AvgIpc) is 2.24. The number of ether oxygens (including phenoxy) is 1. The fraction of sp³-hybridized carbons (Fsp3) is 0.182. The van der Waals surface area contributed by atoms with Crippen molar-refractivity contribution in [2.75, 3.05) is 6.61 Å². The molecule has 2 nitrogen and oxygen atoms in total. The molecular formula is C11H9F3O2. The van der Waals surface area contributed by atoms with E-state index in [1.165, 1.54) is 18.2 Å². The molecule has 0 saturated carbocycles. The van der Waals surface area contributed by atoms with E-state index in [0.29, 0.717) is 0 Å². The van der Waals surface area contributed by atoms with Gasteiger partial charge >= 0.3 is 6.18 Å². The second kappa shape index (κ2) is 4.83. The molecule has 86 valence electrons. The van der Waals surface area contributed by atoms with E-state index in [0.717, 1.165) is 12.1 Å². The van der Waals surface area contributed by atoms with Crippen LogP contribution in [0.15, 0.2) is 36.9 Å². The number of Topliss-reactive ketones (excluding diaryl/α,β-unsaturated/α-hetero) is 1. The van der Waals surface area contributed by atoms with Crippen molar-refractivity contribution in [3.05, 3.63) is 42.5 Å². The van der Waals surface area contributed by atoms with Crippen LogP contribution in [0.4, 0.5) is 13.2 Å². The van der Waals surface area contributed by atoms with E-state index in [1.54, 1.807) is 0 Å². The van der Waals surface area contributed by atoms with Crippen LogP contribution in [-0.2, 0) is 0 Å². The van der Waals surface area contributed by atoms with Crippen molar-refractivity contribution in [3.8, 4) is 5.75 Å². The molecule has 1 rings (SSSR count). The number of hydrogen-bond donors (Lipinski definition) is 0. The minimum Gasteiger partial charge on any atom is -0.490 e. The lowest BCUT2D eigenvalue weighted by molar-refractivity contribution is -0.0885. The molecule has 0 heterocycles. The van der Waals surface area contributed by atoms with Gasteiger partial charge in [-0.25, -0.2) is 0 Å². The molecule has 5 heteroatoms. The normalized spacial score (nSPS) is 10.9. The summed E-state index contributed by atoms with van der Waals surface area (Å²) in [5.41, 5.74) is -0.436. The Morgan fingerprint density at radius 2 is 2.12 bits per heavy atom. The fourth-order valence-corrected chi connectivity index (χ4v) is 1.05. The maximum absolute atomic E-state index is 12.1. The number of carbonyl (C=O) groups excluding carboxylic acids is 1. The molecule has 0 bridgehead atoms. The molecule has 0 atom stereocenters. The summed E-state index contributed by atoms with van der Waals surface area (Å²) >= 11 is 0. The largest absolute Gasteiger partial charge is 0.490 e. The molecule has 0 radical (unpaired) electrons. The summed E-state index contributed by atoms with van der Waals surface area (Å²) in [5.74, 6) is -1.67. The molecule has 0 saturated heterocycles. The Balaban J connectivity index is 2.90. The van der Waals surface area contributed by atoms with Gasteiger partial charge in [-0.3, -0.25) is 4.79 Å². The highest BCUT2D eigenvalue weighted by Gasteiger charge is 2.39. The molecule has 1 aromatic carbocycles. The topological polar surface area (TPSA) is 26.3 Å². The summed E-state index contributed by atoms with van der Waals surface area (Å²) in [5, 5.41) is 0. The Morgan fingerprint density at radius 3 is 2.69 bits per heavy atom. The van der Waals surface area contributed by atoms with E-state index in [1.807, 2.05) is 0 Å². The van der Waals surface area contributed by atoms with Crippen LogP contribution in [-0.4, -0.2) is 18.6 Å². The van der Waals surface area contributed by atoms with Crippen LogP contribution in [0, 0.1) is 0 Å². The van der Waals surface area contributed by atoms with Crippen LogP contribution in [0.1, 0.15) is 10.4 Å². The molecule has 0 spiro atoms. The third-order valence-corrected chi connectivity index (χ3v) is 1.72. The van der Waals surface area contributed by atoms with E-state index in [9.17, 15) is 18.0 Å². The number of rotatable bonds is 4. The Bertz CT molecular complexity index is 396. The van der Waals surface area contributed by atoms with Gasteiger partial charge in [0.2, 0.25) is 0 Å². The van der Waals surface area contributed by atoms with Crippen molar-refractivity contribution in [2.45, 2.75) is 6.18 Å². The van der Waals surface area contributed by atoms with Gasteiger partial charge in [-0.1, -0.05) is 24.8 Å². The summed E-state index contributed by atoms with van der Waals surface area (Å²) in [6, 6.07) is 4.95. The number of ketones is 1. The Kier molecular flexibility index (Phi) is 3.71. The molecular weight excluding hydrogens is 221 g/mol. The van der Waals surface area contributed by atoms with Crippen LogP contribution < -0.4 is 4.74 Å². The third kappa shape index (κ3) is 3.12. The van der Waals surface area contributed by atoms with Gasteiger partial charge in [0.05, 0.1) is 0 Å². The minimum absolute atomic E-state index is 0.170. The second-order valence-corrected chi connectivity index (χ2v) is 2.95. The monoisotopic (exact) mass is 230 g/mol. The van der Waals surface area contributed by atoms with Crippen molar-refractivity contribution >= 4 is 5.78 Å². The minimum atomic E-state index is -4.86. The number of alkyl halides is 3. The van der Waals surface area contributed by atoms with E-state index in [2.05, 4.69) is 6.58 Å². The average molecular weight is 230 g/mol. The quantitative estimate of drug-likeness (QED) is 0.587. The number of carbonyl (C=O) groups is 1. The number of benzene rings is 1. The molecule has 0 aliphatic carbocycles. The van der Waals surface area contributed by atoms with E-state index >= 15 is 0 Å². The van der Waals surface area contributed by atoms with Gasteiger partial charge in [-0.2, -0.15) is 13.2 Å². The second-order valence-electron chi connectivity index (χ2n) is 2.95. The molecule has 0 aliphatic rings. The first-order valence-corrected chi connectivity index (χ1v) is 4.40. The standard InChI is InChI=1S/C11H9F3O2/c1-2-6-16-9-5-3-4-8(7-9)10(15)11(12,13)14/h2-5,7H,1,6H2. The van der Waals surface area contributed by atoms with E-state index in [4.69, 9.17) is 4.74 Å². The van der Waals surface area contributed by atoms with Gasteiger partial charge in [-0.15, -0.1) is 0 Å². The Hall–Kier alpha value is -1.78. The van der Waals surface area contributed by atoms with Crippen molar-refractivity contribution in [1.82, 2.24) is 0 Å². The number of halogens is 3. The predicted molar refractivity (Wildman–Crippen MR) is 52.5 cm³/mol. The zero-order valence-electron chi connectivity index (χ0n) is 8.25. The van der Waals surface area contributed by atoms with Gasteiger partial charge in [0.25, 0.3) is 5.78 Å². The van der Waals surface area contributed by atoms with Gasteiger partial charge in [0.15, 0.2) is 0 Å². The van der Waals surface area contributed by atoms with Crippen molar-refractivity contribution in [3.63, 3.8) is 0 Å². The summed E-state index contributed by atoms with van der Waals surface area (Å²) in [6.07, 6.45) is -3.41. The first-order chi connectivity index (χ1) is 7.45. The van der Waals surface area contributed by atoms with Crippen LogP contribution in [0.2, 0.25) is 0 Å². The lowest BCUT2D eigenvalue weighted by atomic mass is 10.1. The van der Waals surface area contributed by atoms with Crippen molar-refractivity contribution < 1.29 is 22.7 Å². The summed E-state index contributed by atoms with van der Waals surface area (Å²) in [6.45, 7) is 3.57. The van der Waals surface area contributed by atoms with Crippen molar-refractivity contribution in [1.29, 1.82) is 0 Å². The molecule has 0 aliphatic heterocycles. The van der Waals surface area contributed by atoms with Crippen molar-refractivity contribution in [2.24, 2.45) is 0 Å². The summed E-state index contributed by atoms with van der Waals surface area (Å²) in [4.78, 5) is 10.9. The Labute approximate surface area is 90.3 Å².